The monoisotopic (exact) mass is 480 g/mol. The third-order valence-corrected chi connectivity index (χ3v) is 5.51. The van der Waals surface area contributed by atoms with E-state index < -0.39 is 5.91 Å². The molecule has 0 aliphatic carbocycles. The van der Waals surface area contributed by atoms with Gasteiger partial charge in [0.15, 0.2) is 0 Å². The van der Waals surface area contributed by atoms with Crippen molar-refractivity contribution in [1.82, 2.24) is 20.4 Å². The van der Waals surface area contributed by atoms with Gasteiger partial charge in [0.25, 0.3) is 11.8 Å². The zero-order valence-corrected chi connectivity index (χ0v) is 20.3. The molecule has 0 unspecified atom stereocenters. The van der Waals surface area contributed by atoms with Crippen molar-refractivity contribution in [2.75, 3.05) is 20.3 Å². The third kappa shape index (κ3) is 6.14. The van der Waals surface area contributed by atoms with Gasteiger partial charge < -0.3 is 15.4 Å². The molecule has 0 saturated carbocycles. The Kier molecular flexibility index (Phi) is 8.05. The van der Waals surface area contributed by atoms with Crippen molar-refractivity contribution < 1.29 is 14.3 Å². The summed E-state index contributed by atoms with van der Waals surface area (Å²) >= 11 is 0. The number of aryl methyl sites for hydroxylation is 1. The van der Waals surface area contributed by atoms with Crippen LogP contribution in [0.5, 0.6) is 0 Å². The average Bonchev–Trinajstić information content (AvgIpc) is 3.33. The van der Waals surface area contributed by atoms with Crippen molar-refractivity contribution in [2.45, 2.75) is 6.92 Å². The van der Waals surface area contributed by atoms with E-state index in [2.05, 4.69) is 10.6 Å². The maximum Gasteiger partial charge on any atom is 0.267 e. The normalized spacial score (nSPS) is 11.2. The molecule has 0 aliphatic rings. The van der Waals surface area contributed by atoms with Gasteiger partial charge >= 0.3 is 0 Å². The summed E-state index contributed by atoms with van der Waals surface area (Å²) in [6, 6.07) is 26.6. The van der Waals surface area contributed by atoms with E-state index in [1.54, 1.807) is 30.0 Å². The quantitative estimate of drug-likeness (QED) is 0.275. The van der Waals surface area contributed by atoms with Crippen molar-refractivity contribution in [2.24, 2.45) is 0 Å². The molecule has 2 amide bonds. The SMILES string of the molecule is COCCNC(=O)C(=Cc1cn(-c2ccccc2)nc1-c1ccccc1)NC(=O)c1ccc(C)cc1. The second-order valence-corrected chi connectivity index (χ2v) is 8.21. The van der Waals surface area contributed by atoms with Gasteiger partial charge in [0.05, 0.1) is 12.3 Å². The summed E-state index contributed by atoms with van der Waals surface area (Å²) in [4.78, 5) is 26.1. The van der Waals surface area contributed by atoms with E-state index in [-0.39, 0.29) is 11.6 Å². The summed E-state index contributed by atoms with van der Waals surface area (Å²) < 4.78 is 6.81. The highest BCUT2D eigenvalue weighted by atomic mass is 16.5. The van der Waals surface area contributed by atoms with Crippen LogP contribution in [0.3, 0.4) is 0 Å². The number of hydrogen-bond acceptors (Lipinski definition) is 4. The van der Waals surface area contributed by atoms with Crippen molar-refractivity contribution in [3.8, 4) is 16.9 Å². The number of rotatable bonds is 9. The Morgan fingerprint density at radius 2 is 1.61 bits per heavy atom. The Balaban J connectivity index is 1.75. The topological polar surface area (TPSA) is 85.2 Å². The number of nitrogens with one attached hydrogen (secondary N) is 2. The van der Waals surface area contributed by atoms with E-state index >= 15 is 0 Å². The van der Waals surface area contributed by atoms with Gasteiger partial charge in [0, 0.05) is 36.5 Å². The highest BCUT2D eigenvalue weighted by Gasteiger charge is 2.18. The molecule has 1 heterocycles. The van der Waals surface area contributed by atoms with Crippen molar-refractivity contribution in [3.05, 3.63) is 114 Å². The molecule has 0 radical (unpaired) electrons. The molecule has 0 bridgehead atoms. The zero-order chi connectivity index (χ0) is 25.3. The Morgan fingerprint density at radius 3 is 2.28 bits per heavy atom. The first-order valence-corrected chi connectivity index (χ1v) is 11.6. The third-order valence-electron chi connectivity index (χ3n) is 5.51. The number of carbonyl (C=O) groups is 2. The molecule has 4 rings (SSSR count). The van der Waals surface area contributed by atoms with Crippen molar-refractivity contribution >= 4 is 17.9 Å². The summed E-state index contributed by atoms with van der Waals surface area (Å²) in [5.41, 5.74) is 4.75. The first-order chi connectivity index (χ1) is 17.5. The molecule has 36 heavy (non-hydrogen) atoms. The molecular formula is C29H28N4O3. The second-order valence-electron chi connectivity index (χ2n) is 8.21. The minimum absolute atomic E-state index is 0.112. The van der Waals surface area contributed by atoms with Gasteiger partial charge in [-0.3, -0.25) is 9.59 Å². The van der Waals surface area contributed by atoms with E-state index in [0.717, 1.165) is 16.8 Å². The van der Waals surface area contributed by atoms with Crippen LogP contribution in [0.15, 0.2) is 96.8 Å². The van der Waals surface area contributed by atoms with Gasteiger partial charge in [-0.2, -0.15) is 5.10 Å². The Hall–Kier alpha value is -4.49. The summed E-state index contributed by atoms with van der Waals surface area (Å²) in [5, 5.41) is 10.4. The first kappa shape index (κ1) is 24.6. The Bertz CT molecular complexity index is 1340. The molecule has 0 saturated heterocycles. The number of nitrogens with zero attached hydrogens (tertiary/aromatic N) is 2. The lowest BCUT2D eigenvalue weighted by atomic mass is 10.1. The van der Waals surface area contributed by atoms with Gasteiger partial charge in [0.2, 0.25) is 0 Å². The Morgan fingerprint density at radius 1 is 0.944 bits per heavy atom. The summed E-state index contributed by atoms with van der Waals surface area (Å²) in [6.07, 6.45) is 3.50. The number of para-hydroxylation sites is 1. The van der Waals surface area contributed by atoms with Crippen LogP contribution in [0.2, 0.25) is 0 Å². The maximum absolute atomic E-state index is 13.1. The number of hydrogen-bond donors (Lipinski definition) is 2. The largest absolute Gasteiger partial charge is 0.383 e. The highest BCUT2D eigenvalue weighted by Crippen LogP contribution is 2.25. The van der Waals surface area contributed by atoms with Gasteiger partial charge in [-0.05, 0) is 37.3 Å². The summed E-state index contributed by atoms with van der Waals surface area (Å²) in [7, 11) is 1.56. The fraction of sp³-hybridized carbons (Fsp3) is 0.138. The molecule has 1 aromatic heterocycles. The fourth-order valence-electron chi connectivity index (χ4n) is 3.60. The lowest BCUT2D eigenvalue weighted by Gasteiger charge is -2.11. The number of carbonyl (C=O) groups excluding carboxylic acids is 2. The Labute approximate surface area is 210 Å². The van der Waals surface area contributed by atoms with Gasteiger partial charge in [-0.15, -0.1) is 0 Å². The van der Waals surface area contributed by atoms with Gasteiger partial charge in [-0.1, -0.05) is 66.2 Å². The molecular weight excluding hydrogens is 452 g/mol. The smallest absolute Gasteiger partial charge is 0.267 e. The predicted molar refractivity (Wildman–Crippen MR) is 141 cm³/mol. The van der Waals surface area contributed by atoms with E-state index in [0.29, 0.717) is 30.0 Å². The standard InChI is InChI=1S/C29H28N4O3/c1-21-13-15-23(16-14-21)28(34)31-26(29(35)30-17-18-36-2)19-24-20-33(25-11-7-4-8-12-25)32-27(24)22-9-5-3-6-10-22/h3-16,19-20H,17-18H2,1-2H3,(H,30,35)(H,31,34). The number of amides is 2. The number of ether oxygens (including phenoxy) is 1. The molecule has 3 aromatic carbocycles. The summed E-state index contributed by atoms with van der Waals surface area (Å²) in [5.74, 6) is -0.793. The first-order valence-electron chi connectivity index (χ1n) is 11.6. The molecule has 7 nitrogen and oxygen atoms in total. The van der Waals surface area contributed by atoms with E-state index in [1.165, 1.54) is 0 Å². The molecule has 182 valence electrons. The van der Waals surface area contributed by atoms with E-state index in [4.69, 9.17) is 9.84 Å². The summed E-state index contributed by atoms with van der Waals surface area (Å²) in [6.45, 7) is 2.61. The van der Waals surface area contributed by atoms with Crippen LogP contribution in [0, 0.1) is 6.92 Å². The average molecular weight is 481 g/mol. The van der Waals surface area contributed by atoms with Crippen molar-refractivity contribution in [1.29, 1.82) is 0 Å². The molecule has 0 fully saturated rings. The maximum atomic E-state index is 13.1. The van der Waals surface area contributed by atoms with Crippen LogP contribution < -0.4 is 10.6 Å². The van der Waals surface area contributed by atoms with E-state index in [9.17, 15) is 9.59 Å². The lowest BCUT2D eigenvalue weighted by molar-refractivity contribution is -0.117. The predicted octanol–water partition coefficient (Wildman–Crippen LogP) is 4.38. The van der Waals surface area contributed by atoms with Crippen LogP contribution in [0.25, 0.3) is 23.0 Å². The minimum Gasteiger partial charge on any atom is -0.383 e. The van der Waals surface area contributed by atoms with Crippen molar-refractivity contribution in [3.63, 3.8) is 0 Å². The van der Waals surface area contributed by atoms with Gasteiger partial charge in [-0.25, -0.2) is 4.68 Å². The number of benzene rings is 3. The van der Waals surface area contributed by atoms with Crippen LogP contribution in [-0.4, -0.2) is 41.9 Å². The lowest BCUT2D eigenvalue weighted by Crippen LogP contribution is -2.36. The molecule has 2 N–H and O–H groups in total. The molecule has 4 aromatic rings. The van der Waals surface area contributed by atoms with Crippen LogP contribution in [0.1, 0.15) is 21.5 Å². The van der Waals surface area contributed by atoms with Crippen LogP contribution in [-0.2, 0) is 9.53 Å². The molecule has 0 atom stereocenters. The molecule has 0 spiro atoms. The fourth-order valence-corrected chi connectivity index (χ4v) is 3.60. The van der Waals surface area contributed by atoms with Crippen LogP contribution >= 0.6 is 0 Å². The van der Waals surface area contributed by atoms with E-state index in [1.807, 2.05) is 85.9 Å². The van der Waals surface area contributed by atoms with Gasteiger partial charge in [0.1, 0.15) is 11.4 Å². The molecule has 0 aliphatic heterocycles. The second kappa shape index (κ2) is 11.8. The number of methoxy groups -OCH3 is 1. The molecule has 7 heteroatoms. The number of aromatic nitrogens is 2. The highest BCUT2D eigenvalue weighted by molar-refractivity contribution is 6.05. The van der Waals surface area contributed by atoms with Crippen LogP contribution in [0.4, 0.5) is 0 Å². The minimum atomic E-state index is -0.418. The zero-order valence-electron chi connectivity index (χ0n) is 20.3.